The number of aliphatic hydroxyl groups excluding tert-OH is 1. The number of hydrogen-bond acceptors (Lipinski definition) is 7. The number of carbonyl (C=O) groups is 3. The van der Waals surface area contributed by atoms with Crippen LogP contribution >= 0.6 is 15.9 Å². The molecule has 2 N–H and O–H groups in total. The van der Waals surface area contributed by atoms with Gasteiger partial charge in [-0.2, -0.15) is 0 Å². The van der Waals surface area contributed by atoms with Crippen LogP contribution in [-0.2, 0) is 16.1 Å². The van der Waals surface area contributed by atoms with Crippen molar-refractivity contribution in [2.45, 2.75) is 72.2 Å². The lowest BCUT2D eigenvalue weighted by Crippen LogP contribution is -2.46. The molecule has 228 valence electrons. The predicted octanol–water partition coefficient (Wildman–Crippen LogP) is 5.29. The van der Waals surface area contributed by atoms with Gasteiger partial charge in [0, 0.05) is 28.8 Å². The summed E-state index contributed by atoms with van der Waals surface area (Å²) in [5.41, 5.74) is 4.19. The van der Waals surface area contributed by atoms with E-state index in [0.29, 0.717) is 34.3 Å². The van der Waals surface area contributed by atoms with E-state index in [-0.39, 0.29) is 46.0 Å². The van der Waals surface area contributed by atoms with Crippen molar-refractivity contribution >= 4 is 50.2 Å². The molecule has 0 spiro atoms. The lowest BCUT2D eigenvalue weighted by molar-refractivity contribution is -0.138. The molecular formula is C32H32BrFN6O4. The molecule has 6 rings (SSSR count). The van der Waals surface area contributed by atoms with Crippen LogP contribution in [0.4, 0.5) is 10.2 Å². The van der Waals surface area contributed by atoms with Crippen LogP contribution < -0.4 is 5.32 Å². The lowest BCUT2D eigenvalue weighted by atomic mass is 10.0. The monoisotopic (exact) mass is 662 g/mol. The first-order chi connectivity index (χ1) is 20.8. The number of aryl methyl sites for hydroxylation is 2. The Labute approximate surface area is 261 Å². The molecule has 1 saturated heterocycles. The highest BCUT2D eigenvalue weighted by Crippen LogP contribution is 2.59. The fourth-order valence-corrected chi connectivity index (χ4v) is 6.68. The van der Waals surface area contributed by atoms with E-state index in [1.165, 1.54) is 19.2 Å². The number of aliphatic hydroxyl groups is 1. The van der Waals surface area contributed by atoms with Crippen molar-refractivity contribution in [2.75, 3.05) is 5.32 Å². The van der Waals surface area contributed by atoms with Crippen LogP contribution in [0.1, 0.15) is 66.9 Å². The van der Waals surface area contributed by atoms with Crippen molar-refractivity contribution in [2.24, 2.45) is 5.41 Å². The Morgan fingerprint density at radius 2 is 1.91 bits per heavy atom. The Balaban J connectivity index is 1.30. The first-order valence-electron chi connectivity index (χ1n) is 14.4. The second kappa shape index (κ2) is 10.8. The molecule has 44 heavy (non-hydrogen) atoms. The van der Waals surface area contributed by atoms with Crippen molar-refractivity contribution < 1.29 is 23.9 Å². The Morgan fingerprint density at radius 1 is 1.16 bits per heavy atom. The molecule has 12 heteroatoms. The molecule has 3 aromatic heterocycles. The fraction of sp³-hybridized carbons (Fsp3) is 0.375. The third-order valence-electron chi connectivity index (χ3n) is 8.83. The van der Waals surface area contributed by atoms with E-state index < -0.39 is 18.0 Å². The van der Waals surface area contributed by atoms with Gasteiger partial charge >= 0.3 is 0 Å². The van der Waals surface area contributed by atoms with Crippen molar-refractivity contribution in [1.82, 2.24) is 24.4 Å². The molecule has 1 aromatic carbocycles. The van der Waals surface area contributed by atoms with Gasteiger partial charge in [-0.3, -0.25) is 24.4 Å². The van der Waals surface area contributed by atoms with Crippen molar-refractivity contribution in [3.8, 4) is 11.3 Å². The number of halogens is 2. The van der Waals surface area contributed by atoms with E-state index >= 15 is 0 Å². The zero-order chi connectivity index (χ0) is 31.7. The van der Waals surface area contributed by atoms with E-state index in [0.717, 1.165) is 23.1 Å². The molecule has 2 fully saturated rings. The summed E-state index contributed by atoms with van der Waals surface area (Å²) in [6.07, 6.45) is 5.39. The number of anilines is 1. The molecular weight excluding hydrogens is 631 g/mol. The number of likely N-dealkylation sites (tertiary alicyclic amines) is 1. The number of carbonyl (C=O) groups excluding carboxylic acids is 3. The highest BCUT2D eigenvalue weighted by Gasteiger charge is 2.64. The number of piperidine rings is 1. The van der Waals surface area contributed by atoms with Gasteiger partial charge in [-0.15, -0.1) is 0 Å². The maximum atomic E-state index is 14.0. The zero-order valence-electron chi connectivity index (χ0n) is 25.0. The van der Waals surface area contributed by atoms with E-state index in [4.69, 9.17) is 0 Å². The minimum absolute atomic E-state index is 0.00401. The number of fused-ring (bicyclic) bond motifs is 2. The van der Waals surface area contributed by atoms with Gasteiger partial charge in [0.05, 0.1) is 35.4 Å². The van der Waals surface area contributed by atoms with Gasteiger partial charge in [0.25, 0.3) is 0 Å². The quantitative estimate of drug-likeness (QED) is 0.203. The number of rotatable bonds is 7. The summed E-state index contributed by atoms with van der Waals surface area (Å²) in [6.45, 7) is 8.69. The lowest BCUT2D eigenvalue weighted by Gasteiger charge is -2.27. The molecule has 4 heterocycles. The normalized spacial score (nSPS) is 21.3. The number of aromatic nitrogens is 4. The molecule has 1 aliphatic carbocycles. The Bertz CT molecular complexity index is 1860. The topological polar surface area (TPSA) is 130 Å². The standard InChI is InChI=1S/C32H32BrFN6O4/c1-15-6-19(24-12-35-23(11-36-24)18(4)42)8-20-21(17(3)41)13-39(28(15)20)14-27(43)40-25(9-32(5)10-26(32)40)31(44)38-30-16(2)7-22(34)29(33)37-30/h6-8,11-13,18,25-26,42H,9-10,14H2,1-5H3,(H,37,38,44)/t18?,25-,26+,32-/m0/s1. The summed E-state index contributed by atoms with van der Waals surface area (Å²) in [7, 11) is 0. The fourth-order valence-electron chi connectivity index (χ4n) is 6.38. The number of benzene rings is 1. The van der Waals surface area contributed by atoms with Gasteiger partial charge in [0.2, 0.25) is 11.8 Å². The van der Waals surface area contributed by atoms with Crippen LogP contribution in [0.3, 0.4) is 0 Å². The molecule has 1 unspecified atom stereocenters. The van der Waals surface area contributed by atoms with Crippen molar-refractivity contribution in [3.63, 3.8) is 0 Å². The summed E-state index contributed by atoms with van der Waals surface area (Å²) < 4.78 is 15.7. The second-order valence-corrected chi connectivity index (χ2v) is 13.0. The van der Waals surface area contributed by atoms with Crippen LogP contribution in [0.2, 0.25) is 0 Å². The first-order valence-corrected chi connectivity index (χ1v) is 15.2. The Kier molecular flexibility index (Phi) is 7.40. The van der Waals surface area contributed by atoms with E-state index in [1.54, 1.807) is 35.7 Å². The van der Waals surface area contributed by atoms with E-state index in [9.17, 15) is 23.9 Å². The highest BCUT2D eigenvalue weighted by atomic mass is 79.9. The maximum Gasteiger partial charge on any atom is 0.248 e. The second-order valence-electron chi connectivity index (χ2n) is 12.2. The van der Waals surface area contributed by atoms with Crippen LogP contribution in [0.15, 0.2) is 41.4 Å². The third-order valence-corrected chi connectivity index (χ3v) is 9.39. The number of amides is 2. The molecule has 2 aliphatic rings. The molecule has 1 aliphatic heterocycles. The third kappa shape index (κ3) is 5.19. The SMILES string of the molecule is CC(=O)c1cn(CC(=O)N2[C@H](C(=O)Nc3nc(Br)c(F)cc3C)C[C@@]3(C)C[C@@H]23)c2c(C)cc(-c3cnc(C(C)O)cn3)cc12. The highest BCUT2D eigenvalue weighted by molar-refractivity contribution is 9.10. The van der Waals surface area contributed by atoms with Crippen molar-refractivity contribution in [1.29, 1.82) is 0 Å². The Morgan fingerprint density at radius 3 is 2.57 bits per heavy atom. The molecule has 0 radical (unpaired) electrons. The van der Waals surface area contributed by atoms with Crippen LogP contribution in [-0.4, -0.2) is 59.2 Å². The van der Waals surface area contributed by atoms with Gasteiger partial charge in [0.15, 0.2) is 11.6 Å². The number of ketones is 1. The molecule has 4 atom stereocenters. The summed E-state index contributed by atoms with van der Waals surface area (Å²) in [5.74, 6) is -1.03. The van der Waals surface area contributed by atoms with Gasteiger partial charge < -0.3 is 19.9 Å². The Hall–Kier alpha value is -4.03. The average Bonchev–Trinajstić information content (AvgIpc) is 3.32. The summed E-state index contributed by atoms with van der Waals surface area (Å²) in [4.78, 5) is 54.7. The maximum absolute atomic E-state index is 14.0. The van der Waals surface area contributed by atoms with Crippen LogP contribution in [0.5, 0.6) is 0 Å². The molecule has 10 nitrogen and oxygen atoms in total. The van der Waals surface area contributed by atoms with E-state index in [1.807, 2.05) is 19.1 Å². The molecule has 1 saturated carbocycles. The van der Waals surface area contributed by atoms with Gasteiger partial charge in [-0.25, -0.2) is 9.37 Å². The van der Waals surface area contributed by atoms with Crippen molar-refractivity contribution in [3.05, 3.63) is 69.6 Å². The van der Waals surface area contributed by atoms with Gasteiger partial charge in [-0.1, -0.05) is 6.92 Å². The molecule has 4 aromatic rings. The van der Waals surface area contributed by atoms with Gasteiger partial charge in [-0.05, 0) is 91.2 Å². The minimum Gasteiger partial charge on any atom is -0.387 e. The van der Waals surface area contributed by atoms with Crippen LogP contribution in [0, 0.1) is 25.1 Å². The number of nitrogens with zero attached hydrogens (tertiary/aromatic N) is 5. The summed E-state index contributed by atoms with van der Waals surface area (Å²) >= 11 is 3.07. The first kappa shape index (κ1) is 30.0. The number of Topliss-reactive ketones (excluding diaryl/α,β-unsaturated/α-hetero) is 1. The van der Waals surface area contributed by atoms with Crippen LogP contribution in [0.25, 0.3) is 22.2 Å². The molecule has 2 amide bonds. The predicted molar refractivity (Wildman–Crippen MR) is 165 cm³/mol. The zero-order valence-corrected chi connectivity index (χ0v) is 26.6. The van der Waals surface area contributed by atoms with E-state index in [2.05, 4.69) is 43.1 Å². The largest absolute Gasteiger partial charge is 0.387 e. The smallest absolute Gasteiger partial charge is 0.248 e. The number of nitrogens with one attached hydrogen (secondary N) is 1. The average molecular weight is 664 g/mol. The molecule has 0 bridgehead atoms. The summed E-state index contributed by atoms with van der Waals surface area (Å²) in [5, 5.41) is 13.3. The number of pyridine rings is 1. The summed E-state index contributed by atoms with van der Waals surface area (Å²) in [6, 6.07) is 4.31. The van der Waals surface area contributed by atoms with Gasteiger partial charge in [0.1, 0.15) is 23.0 Å². The number of hydrogen-bond donors (Lipinski definition) is 2. The minimum atomic E-state index is -0.739.